The molecule has 0 saturated heterocycles. The van der Waals surface area contributed by atoms with Crippen molar-refractivity contribution in [3.05, 3.63) is 15.9 Å². The first-order chi connectivity index (χ1) is 6.43. The molecule has 0 radical (unpaired) electrons. The van der Waals surface area contributed by atoms with E-state index in [9.17, 15) is 14.7 Å². The minimum Gasteiger partial charge on any atom is -0.493 e. The summed E-state index contributed by atoms with van der Waals surface area (Å²) >= 11 is 0. The molecule has 0 aliphatic rings. The van der Waals surface area contributed by atoms with E-state index in [1.165, 1.54) is 6.92 Å². The second kappa shape index (κ2) is 3.36. The average Bonchev–Trinajstić information content (AvgIpc) is 2.01. The lowest BCUT2D eigenvalue weighted by atomic mass is 10.0. The molecule has 0 spiro atoms. The Balaban J connectivity index is 3.35. The first kappa shape index (κ1) is 10.0. The molecule has 1 rings (SSSR count). The number of carbonyl (C=O) groups is 1. The Morgan fingerprint density at radius 2 is 2.21 bits per heavy atom. The number of nitrogens with one attached hydrogen (secondary N) is 1. The van der Waals surface area contributed by atoms with Gasteiger partial charge >= 0.3 is 5.97 Å². The number of nitrogen functional groups attached to an aromatic ring is 1. The molecule has 7 heteroatoms. The van der Waals surface area contributed by atoms with Crippen molar-refractivity contribution in [2.45, 2.75) is 12.8 Å². The van der Waals surface area contributed by atoms with Gasteiger partial charge in [-0.2, -0.15) is 4.98 Å². The second-order valence-electron chi connectivity index (χ2n) is 2.75. The predicted molar refractivity (Wildman–Crippen MR) is 47.0 cm³/mol. The van der Waals surface area contributed by atoms with E-state index in [0.29, 0.717) is 0 Å². The Hall–Kier alpha value is -2.05. The molecule has 1 heterocycles. The van der Waals surface area contributed by atoms with Crippen LogP contribution in [0.4, 0.5) is 5.95 Å². The lowest BCUT2D eigenvalue weighted by Gasteiger charge is -2.06. The van der Waals surface area contributed by atoms with Crippen molar-refractivity contribution in [3.63, 3.8) is 0 Å². The summed E-state index contributed by atoms with van der Waals surface area (Å²) in [6.45, 7) is 1.27. The van der Waals surface area contributed by atoms with Crippen LogP contribution in [-0.4, -0.2) is 26.2 Å². The predicted octanol–water partition coefficient (Wildman–Crippen LogP) is -0.754. The molecule has 1 atom stereocenters. The molecule has 0 amide bonds. The third kappa shape index (κ3) is 1.65. The van der Waals surface area contributed by atoms with Gasteiger partial charge in [-0.3, -0.25) is 14.6 Å². The molecule has 5 N–H and O–H groups in total. The zero-order chi connectivity index (χ0) is 10.9. The van der Waals surface area contributed by atoms with Gasteiger partial charge in [0, 0.05) is 0 Å². The number of nitrogens with zero attached hydrogens (tertiary/aromatic N) is 1. The van der Waals surface area contributed by atoms with E-state index in [1.54, 1.807) is 0 Å². The van der Waals surface area contributed by atoms with Crippen LogP contribution < -0.4 is 11.3 Å². The van der Waals surface area contributed by atoms with Crippen LogP contribution >= 0.6 is 0 Å². The Morgan fingerprint density at radius 3 is 2.64 bits per heavy atom. The van der Waals surface area contributed by atoms with Gasteiger partial charge in [-0.25, -0.2) is 0 Å². The number of aromatic nitrogens is 2. The van der Waals surface area contributed by atoms with Crippen molar-refractivity contribution in [2.75, 3.05) is 5.73 Å². The van der Waals surface area contributed by atoms with E-state index < -0.39 is 23.3 Å². The van der Waals surface area contributed by atoms with Gasteiger partial charge in [0.05, 0.1) is 11.5 Å². The van der Waals surface area contributed by atoms with Crippen LogP contribution in [0, 0.1) is 0 Å². The maximum absolute atomic E-state index is 11.2. The maximum atomic E-state index is 11.2. The SMILES string of the molecule is CC(C(=O)O)c1c(O)nc(N)[nH]c1=O. The zero-order valence-electron chi connectivity index (χ0n) is 7.31. The summed E-state index contributed by atoms with van der Waals surface area (Å²) in [5.74, 6) is -3.26. The minimum absolute atomic E-state index is 0.256. The number of aromatic amines is 1. The number of hydrogen-bond donors (Lipinski definition) is 4. The van der Waals surface area contributed by atoms with Crippen molar-refractivity contribution in [2.24, 2.45) is 0 Å². The maximum Gasteiger partial charge on any atom is 0.311 e. The number of anilines is 1. The van der Waals surface area contributed by atoms with Crippen LogP contribution in [0.15, 0.2) is 4.79 Å². The molecule has 0 aliphatic heterocycles. The van der Waals surface area contributed by atoms with Crippen LogP contribution in [0.3, 0.4) is 0 Å². The van der Waals surface area contributed by atoms with Crippen LogP contribution in [0.5, 0.6) is 5.88 Å². The number of nitrogens with two attached hydrogens (primary N) is 1. The van der Waals surface area contributed by atoms with Crippen LogP contribution in [0.2, 0.25) is 0 Å². The van der Waals surface area contributed by atoms with Crippen molar-refractivity contribution in [1.82, 2.24) is 9.97 Å². The second-order valence-corrected chi connectivity index (χ2v) is 2.75. The summed E-state index contributed by atoms with van der Waals surface area (Å²) in [7, 11) is 0. The van der Waals surface area contributed by atoms with Crippen molar-refractivity contribution in [1.29, 1.82) is 0 Å². The Bertz CT molecular complexity index is 425. The highest BCUT2D eigenvalue weighted by Crippen LogP contribution is 2.19. The molecule has 0 bridgehead atoms. The minimum atomic E-state index is -1.22. The average molecular weight is 199 g/mol. The molecule has 76 valence electrons. The van der Waals surface area contributed by atoms with Crippen molar-refractivity contribution >= 4 is 11.9 Å². The number of aromatic hydroxyl groups is 1. The zero-order valence-corrected chi connectivity index (χ0v) is 7.31. The van der Waals surface area contributed by atoms with E-state index in [1.807, 2.05) is 0 Å². The monoisotopic (exact) mass is 199 g/mol. The topological polar surface area (TPSA) is 129 Å². The first-order valence-electron chi connectivity index (χ1n) is 3.75. The summed E-state index contributed by atoms with van der Waals surface area (Å²) in [4.78, 5) is 27.2. The molecule has 0 saturated carbocycles. The summed E-state index contributed by atoms with van der Waals surface area (Å²) < 4.78 is 0. The molecule has 7 nitrogen and oxygen atoms in total. The molecule has 0 fully saturated rings. The van der Waals surface area contributed by atoms with Gasteiger partial charge in [-0.15, -0.1) is 0 Å². The lowest BCUT2D eigenvalue weighted by molar-refractivity contribution is -0.138. The Labute approximate surface area is 78.2 Å². The normalized spacial score (nSPS) is 12.4. The number of rotatable bonds is 2. The van der Waals surface area contributed by atoms with Crippen LogP contribution in [-0.2, 0) is 4.79 Å². The van der Waals surface area contributed by atoms with Gasteiger partial charge in [0.1, 0.15) is 0 Å². The quantitative estimate of drug-likeness (QED) is 0.495. The number of aliphatic carboxylic acids is 1. The Morgan fingerprint density at radius 1 is 1.64 bits per heavy atom. The fourth-order valence-corrected chi connectivity index (χ4v) is 1.00. The number of hydrogen-bond acceptors (Lipinski definition) is 5. The van der Waals surface area contributed by atoms with Crippen LogP contribution in [0.1, 0.15) is 18.4 Å². The highest BCUT2D eigenvalue weighted by atomic mass is 16.4. The first-order valence-corrected chi connectivity index (χ1v) is 3.75. The molecule has 1 unspecified atom stereocenters. The largest absolute Gasteiger partial charge is 0.493 e. The molecular formula is C7H9N3O4. The third-order valence-corrected chi connectivity index (χ3v) is 1.76. The van der Waals surface area contributed by atoms with E-state index in [0.717, 1.165) is 0 Å². The van der Waals surface area contributed by atoms with Crippen molar-refractivity contribution < 1.29 is 15.0 Å². The summed E-state index contributed by atoms with van der Waals surface area (Å²) in [6.07, 6.45) is 0. The lowest BCUT2D eigenvalue weighted by Crippen LogP contribution is -2.22. The third-order valence-electron chi connectivity index (χ3n) is 1.76. The highest BCUT2D eigenvalue weighted by molar-refractivity contribution is 5.76. The number of carboxylic acids is 1. The standard InChI is InChI=1S/C7H9N3O4/c1-2(6(13)14)3-4(11)9-7(8)10-5(3)12/h2H,1H3,(H,13,14)(H4,8,9,10,11,12). The van der Waals surface area contributed by atoms with Gasteiger partial charge in [0.25, 0.3) is 5.56 Å². The molecule has 1 aromatic rings. The van der Waals surface area contributed by atoms with E-state index in [-0.39, 0.29) is 11.5 Å². The molecule has 0 aliphatic carbocycles. The molecule has 14 heavy (non-hydrogen) atoms. The summed E-state index contributed by atoms with van der Waals surface area (Å²) in [5.41, 5.74) is 4.09. The Kier molecular flexibility index (Phi) is 2.41. The van der Waals surface area contributed by atoms with Gasteiger partial charge < -0.3 is 15.9 Å². The summed E-state index contributed by atoms with van der Waals surface area (Å²) in [5, 5.41) is 17.8. The van der Waals surface area contributed by atoms with Gasteiger partial charge in [0.2, 0.25) is 11.8 Å². The fraction of sp³-hybridized carbons (Fsp3) is 0.286. The molecule has 1 aromatic heterocycles. The van der Waals surface area contributed by atoms with Gasteiger partial charge in [0.15, 0.2) is 0 Å². The molecular weight excluding hydrogens is 190 g/mol. The summed E-state index contributed by atoms with van der Waals surface area (Å²) in [6, 6.07) is 0. The fourth-order valence-electron chi connectivity index (χ4n) is 1.00. The van der Waals surface area contributed by atoms with E-state index in [4.69, 9.17) is 10.8 Å². The van der Waals surface area contributed by atoms with Gasteiger partial charge in [-0.05, 0) is 6.92 Å². The van der Waals surface area contributed by atoms with E-state index >= 15 is 0 Å². The number of H-pyrrole nitrogens is 1. The van der Waals surface area contributed by atoms with Crippen molar-refractivity contribution in [3.8, 4) is 5.88 Å². The smallest absolute Gasteiger partial charge is 0.311 e. The number of carboxylic acid groups (broad SMARTS) is 1. The van der Waals surface area contributed by atoms with Crippen LogP contribution in [0.25, 0.3) is 0 Å². The molecule has 0 aromatic carbocycles. The van der Waals surface area contributed by atoms with E-state index in [2.05, 4.69) is 9.97 Å². The van der Waals surface area contributed by atoms with Gasteiger partial charge in [-0.1, -0.05) is 0 Å². The highest BCUT2D eigenvalue weighted by Gasteiger charge is 2.22.